The highest BCUT2D eigenvalue weighted by molar-refractivity contribution is 5.94. The van der Waals surface area contributed by atoms with Crippen molar-refractivity contribution in [2.24, 2.45) is 5.92 Å². The zero-order chi connectivity index (χ0) is 14.4. The van der Waals surface area contributed by atoms with Gasteiger partial charge in [0.2, 0.25) is 0 Å². The van der Waals surface area contributed by atoms with Crippen LogP contribution in [0.3, 0.4) is 0 Å². The van der Waals surface area contributed by atoms with Crippen molar-refractivity contribution in [2.45, 2.75) is 6.92 Å². The number of hydrogen-bond acceptors (Lipinski definition) is 3. The minimum absolute atomic E-state index is 0.0128. The van der Waals surface area contributed by atoms with Crippen LogP contribution in [0.25, 0.3) is 0 Å². The Balaban J connectivity index is 2.52. The van der Waals surface area contributed by atoms with E-state index in [0.717, 1.165) is 6.54 Å². The van der Waals surface area contributed by atoms with Crippen molar-refractivity contribution in [3.05, 3.63) is 39.9 Å². The van der Waals surface area contributed by atoms with E-state index in [1.165, 1.54) is 29.2 Å². The lowest BCUT2D eigenvalue weighted by Crippen LogP contribution is -3.06. The molecule has 0 radical (unpaired) electrons. The molecule has 0 saturated carbocycles. The summed E-state index contributed by atoms with van der Waals surface area (Å²) >= 11 is 0. The molecule has 2 N–H and O–H groups in total. The van der Waals surface area contributed by atoms with Gasteiger partial charge in [0.25, 0.3) is 11.6 Å². The summed E-state index contributed by atoms with van der Waals surface area (Å²) in [4.78, 5) is 23.2. The number of nitrogens with one attached hydrogen (secondary N) is 2. The van der Waals surface area contributed by atoms with Gasteiger partial charge in [0, 0.05) is 30.2 Å². The van der Waals surface area contributed by atoms with E-state index in [1.54, 1.807) is 0 Å². The molecule has 6 heteroatoms. The zero-order valence-corrected chi connectivity index (χ0v) is 11.5. The highest BCUT2D eigenvalue weighted by atomic mass is 16.6. The molecule has 0 aliphatic rings. The Kier molecular flexibility index (Phi) is 5.44. The molecule has 0 unspecified atom stereocenters. The molecule has 0 bridgehead atoms. The van der Waals surface area contributed by atoms with E-state index in [4.69, 9.17) is 0 Å². The van der Waals surface area contributed by atoms with Crippen molar-refractivity contribution >= 4 is 11.6 Å². The summed E-state index contributed by atoms with van der Waals surface area (Å²) in [6.07, 6.45) is 0. The molecule has 0 heterocycles. The number of non-ortho nitro benzene ring substituents is 1. The first-order chi connectivity index (χ1) is 8.90. The Labute approximate surface area is 112 Å². The monoisotopic (exact) mass is 266 g/mol. The standard InChI is InChI=1S/C13H19N3O3/c1-10(9-15(2)3)8-14-13(17)11-4-6-12(7-5-11)16(18)19/h4-7,10H,8-9H2,1-3H3,(H,14,17)/p+1/t10-/m1/s1. The summed E-state index contributed by atoms with van der Waals surface area (Å²) in [5.41, 5.74) is 0.427. The number of nitro benzene ring substituents is 1. The number of hydrogen-bond donors (Lipinski definition) is 2. The van der Waals surface area contributed by atoms with E-state index in [1.807, 2.05) is 0 Å². The van der Waals surface area contributed by atoms with Gasteiger partial charge in [-0.25, -0.2) is 0 Å². The molecule has 0 aliphatic carbocycles. The van der Waals surface area contributed by atoms with Crippen LogP contribution in [-0.4, -0.2) is 38.0 Å². The fraction of sp³-hybridized carbons (Fsp3) is 0.462. The maximum atomic E-state index is 11.8. The number of carbonyl (C=O) groups excluding carboxylic acids is 1. The van der Waals surface area contributed by atoms with Gasteiger partial charge in [-0.3, -0.25) is 14.9 Å². The van der Waals surface area contributed by atoms with E-state index >= 15 is 0 Å². The van der Waals surface area contributed by atoms with E-state index in [0.29, 0.717) is 18.0 Å². The van der Waals surface area contributed by atoms with E-state index in [2.05, 4.69) is 26.3 Å². The number of nitro groups is 1. The fourth-order valence-corrected chi connectivity index (χ4v) is 1.87. The minimum Gasteiger partial charge on any atom is -0.352 e. The molecule has 1 aromatic rings. The van der Waals surface area contributed by atoms with Crippen LogP contribution in [0.2, 0.25) is 0 Å². The van der Waals surface area contributed by atoms with Crippen molar-refractivity contribution in [1.29, 1.82) is 0 Å². The van der Waals surface area contributed by atoms with Crippen LogP contribution in [0.5, 0.6) is 0 Å². The first-order valence-corrected chi connectivity index (χ1v) is 6.22. The second-order valence-electron chi connectivity index (χ2n) is 5.03. The quantitative estimate of drug-likeness (QED) is 0.566. The highest BCUT2D eigenvalue weighted by Crippen LogP contribution is 2.11. The lowest BCUT2D eigenvalue weighted by Gasteiger charge is -2.15. The van der Waals surface area contributed by atoms with Crippen molar-refractivity contribution in [2.75, 3.05) is 27.2 Å². The smallest absolute Gasteiger partial charge is 0.269 e. The van der Waals surface area contributed by atoms with Gasteiger partial charge in [0.1, 0.15) is 0 Å². The average molecular weight is 266 g/mol. The number of benzene rings is 1. The SMILES string of the molecule is C[C@H](CNC(=O)c1ccc([N+](=O)[O-])cc1)C[NH+](C)C. The molecule has 6 nitrogen and oxygen atoms in total. The molecule has 1 rings (SSSR count). The summed E-state index contributed by atoms with van der Waals surface area (Å²) in [6.45, 7) is 3.64. The topological polar surface area (TPSA) is 76.7 Å². The molecular weight excluding hydrogens is 246 g/mol. The van der Waals surface area contributed by atoms with Crippen LogP contribution < -0.4 is 10.2 Å². The number of rotatable bonds is 6. The molecule has 1 amide bonds. The van der Waals surface area contributed by atoms with Gasteiger partial charge in [-0.15, -0.1) is 0 Å². The molecule has 0 spiro atoms. The first-order valence-electron chi connectivity index (χ1n) is 6.22. The second-order valence-corrected chi connectivity index (χ2v) is 5.03. The summed E-state index contributed by atoms with van der Waals surface area (Å²) in [5.74, 6) is 0.183. The van der Waals surface area contributed by atoms with Crippen LogP contribution in [0, 0.1) is 16.0 Å². The maximum Gasteiger partial charge on any atom is 0.269 e. The summed E-state index contributed by atoms with van der Waals surface area (Å²) in [6, 6.07) is 5.61. The molecule has 0 saturated heterocycles. The molecule has 1 atom stereocenters. The van der Waals surface area contributed by atoms with E-state index < -0.39 is 4.92 Å². The summed E-state index contributed by atoms with van der Waals surface area (Å²) in [5, 5.41) is 13.3. The lowest BCUT2D eigenvalue weighted by molar-refractivity contribution is -0.861. The highest BCUT2D eigenvalue weighted by Gasteiger charge is 2.11. The largest absolute Gasteiger partial charge is 0.352 e. The number of nitrogens with zero attached hydrogens (tertiary/aromatic N) is 1. The van der Waals surface area contributed by atoms with Crippen molar-refractivity contribution in [1.82, 2.24) is 5.32 Å². The Bertz CT molecular complexity index is 443. The van der Waals surface area contributed by atoms with Crippen molar-refractivity contribution < 1.29 is 14.6 Å². The Morgan fingerprint density at radius 2 is 1.95 bits per heavy atom. The second kappa shape index (κ2) is 6.84. The van der Waals surface area contributed by atoms with Crippen molar-refractivity contribution in [3.63, 3.8) is 0 Å². The first kappa shape index (κ1) is 15.1. The molecular formula is C13H20N3O3+. The number of quaternary nitrogens is 1. The third kappa shape index (κ3) is 5.05. The molecule has 1 aromatic carbocycles. The maximum absolute atomic E-state index is 11.8. The number of amides is 1. The predicted molar refractivity (Wildman–Crippen MR) is 72.3 cm³/mol. The lowest BCUT2D eigenvalue weighted by atomic mass is 10.1. The van der Waals surface area contributed by atoms with Crippen molar-refractivity contribution in [3.8, 4) is 0 Å². The van der Waals surface area contributed by atoms with Crippen LogP contribution in [0.15, 0.2) is 24.3 Å². The fourth-order valence-electron chi connectivity index (χ4n) is 1.87. The Morgan fingerprint density at radius 3 is 2.42 bits per heavy atom. The van der Waals surface area contributed by atoms with E-state index in [-0.39, 0.29) is 11.6 Å². The molecule has 0 aromatic heterocycles. The molecule has 104 valence electrons. The summed E-state index contributed by atoms with van der Waals surface area (Å²) < 4.78 is 0. The third-order valence-electron chi connectivity index (χ3n) is 2.71. The van der Waals surface area contributed by atoms with Gasteiger partial charge in [0.15, 0.2) is 0 Å². The van der Waals surface area contributed by atoms with Gasteiger partial charge in [-0.1, -0.05) is 6.92 Å². The van der Waals surface area contributed by atoms with Gasteiger partial charge in [-0.05, 0) is 12.1 Å². The molecule has 19 heavy (non-hydrogen) atoms. The van der Waals surface area contributed by atoms with Crippen LogP contribution >= 0.6 is 0 Å². The third-order valence-corrected chi connectivity index (χ3v) is 2.71. The van der Waals surface area contributed by atoms with Gasteiger partial charge >= 0.3 is 0 Å². The minimum atomic E-state index is -0.483. The Hall–Kier alpha value is -1.95. The van der Waals surface area contributed by atoms with Crippen LogP contribution in [0.1, 0.15) is 17.3 Å². The van der Waals surface area contributed by atoms with Crippen LogP contribution in [-0.2, 0) is 0 Å². The van der Waals surface area contributed by atoms with Gasteiger partial charge in [-0.2, -0.15) is 0 Å². The zero-order valence-electron chi connectivity index (χ0n) is 11.5. The summed E-state index contributed by atoms with van der Waals surface area (Å²) in [7, 11) is 4.13. The Morgan fingerprint density at radius 1 is 1.37 bits per heavy atom. The van der Waals surface area contributed by atoms with E-state index in [9.17, 15) is 14.9 Å². The van der Waals surface area contributed by atoms with Crippen LogP contribution in [0.4, 0.5) is 5.69 Å². The molecule has 0 aliphatic heterocycles. The number of carbonyl (C=O) groups is 1. The van der Waals surface area contributed by atoms with Gasteiger partial charge in [0.05, 0.1) is 25.6 Å². The normalized spacial score (nSPS) is 12.2. The predicted octanol–water partition coefficient (Wildman–Crippen LogP) is 0.105. The average Bonchev–Trinajstić information content (AvgIpc) is 2.35. The molecule has 0 fully saturated rings. The van der Waals surface area contributed by atoms with Gasteiger partial charge < -0.3 is 10.2 Å².